The van der Waals surface area contributed by atoms with Crippen LogP contribution in [-0.2, 0) is 9.59 Å². The number of amides is 1. The molecule has 2 aromatic carbocycles. The lowest BCUT2D eigenvalue weighted by atomic mass is 9.93. The molecule has 0 aliphatic carbocycles. The van der Waals surface area contributed by atoms with Gasteiger partial charge in [-0.3, -0.25) is 10.1 Å². The highest BCUT2D eigenvalue weighted by Gasteiger charge is 2.31. The fraction of sp³-hybridized carbons (Fsp3) is 0.304. The Hall–Kier alpha value is -3.75. The number of hydrogen-bond donors (Lipinski definition) is 2. The van der Waals surface area contributed by atoms with E-state index in [1.54, 1.807) is 16.8 Å². The minimum Gasteiger partial charge on any atom is -0.550 e. The number of aliphatic carboxylic acids is 1. The van der Waals surface area contributed by atoms with Crippen LogP contribution in [0.5, 0.6) is 0 Å². The quantitative estimate of drug-likeness (QED) is 0.589. The van der Waals surface area contributed by atoms with Crippen LogP contribution in [0.1, 0.15) is 54.5 Å². The van der Waals surface area contributed by atoms with Crippen molar-refractivity contribution in [3.63, 3.8) is 0 Å². The maximum Gasteiger partial charge on any atom is 0.250 e. The third-order valence-electron chi connectivity index (χ3n) is 5.46. The Morgan fingerprint density at radius 1 is 1.12 bits per heavy atom. The van der Waals surface area contributed by atoms with Gasteiger partial charge in [-0.05, 0) is 49.4 Å². The van der Waals surface area contributed by atoms with Gasteiger partial charge in [-0.1, -0.05) is 42.0 Å². The van der Waals surface area contributed by atoms with Gasteiger partial charge >= 0.3 is 0 Å². The number of aryl methyl sites for hydroxylation is 1. The molecule has 1 aliphatic rings. The van der Waals surface area contributed by atoms with Crippen LogP contribution in [0.25, 0.3) is 0 Å². The number of carbonyl (C=O) groups is 2. The van der Waals surface area contributed by atoms with Crippen LogP contribution in [0.3, 0.4) is 0 Å². The molecule has 4 rings (SSSR count). The first-order valence-corrected chi connectivity index (χ1v) is 10.4. The van der Waals surface area contributed by atoms with Gasteiger partial charge in [-0.25, -0.2) is 9.07 Å². The van der Waals surface area contributed by atoms with Gasteiger partial charge < -0.3 is 15.2 Å². The molecule has 1 amide bonds. The number of hydrogen-bond acceptors (Lipinski definition) is 6. The lowest BCUT2D eigenvalue weighted by molar-refractivity contribution is -0.305. The van der Waals surface area contributed by atoms with E-state index in [0.29, 0.717) is 12.4 Å². The van der Waals surface area contributed by atoms with Crippen molar-refractivity contribution in [2.75, 3.05) is 10.6 Å². The number of nitrogens with zero attached hydrogens (tertiary/aromatic N) is 3. The van der Waals surface area contributed by atoms with Crippen LogP contribution in [-0.4, -0.2) is 26.6 Å². The Bertz CT molecular complexity index is 1110. The zero-order valence-corrected chi connectivity index (χ0v) is 17.5. The van der Waals surface area contributed by atoms with Crippen LogP contribution in [0.2, 0.25) is 0 Å². The molecule has 2 atom stereocenters. The van der Waals surface area contributed by atoms with Crippen molar-refractivity contribution >= 4 is 23.8 Å². The van der Waals surface area contributed by atoms with Gasteiger partial charge in [0.2, 0.25) is 11.9 Å². The monoisotopic (exact) mass is 436 g/mol. The van der Waals surface area contributed by atoms with E-state index in [2.05, 4.69) is 32.8 Å². The molecule has 1 aromatic heterocycles. The van der Waals surface area contributed by atoms with E-state index in [4.69, 9.17) is 0 Å². The summed E-state index contributed by atoms with van der Waals surface area (Å²) in [5, 5.41) is 21.0. The van der Waals surface area contributed by atoms with Crippen molar-refractivity contribution in [3.05, 3.63) is 71.0 Å². The Morgan fingerprint density at radius 3 is 2.50 bits per heavy atom. The lowest BCUT2D eigenvalue weighted by Gasteiger charge is -2.31. The second-order valence-corrected chi connectivity index (χ2v) is 7.89. The number of rotatable bonds is 7. The first-order chi connectivity index (χ1) is 15.4. The van der Waals surface area contributed by atoms with Crippen LogP contribution in [0.4, 0.5) is 16.3 Å². The summed E-state index contributed by atoms with van der Waals surface area (Å²) in [7, 11) is 0. The maximum absolute atomic E-state index is 13.5. The Kier molecular flexibility index (Phi) is 6.16. The Morgan fingerprint density at radius 2 is 1.81 bits per heavy atom. The highest BCUT2D eigenvalue weighted by molar-refractivity contribution is 5.89. The van der Waals surface area contributed by atoms with E-state index in [1.165, 1.54) is 12.1 Å². The Labute approximate surface area is 184 Å². The summed E-state index contributed by atoms with van der Waals surface area (Å²) in [6, 6.07) is 14.2. The highest BCUT2D eigenvalue weighted by atomic mass is 19.1. The first kappa shape index (κ1) is 21.5. The topological polar surface area (TPSA) is 112 Å². The first-order valence-electron chi connectivity index (χ1n) is 10.4. The van der Waals surface area contributed by atoms with E-state index in [1.807, 2.05) is 19.1 Å². The van der Waals surface area contributed by atoms with Crippen LogP contribution in [0.15, 0.2) is 48.5 Å². The minimum absolute atomic E-state index is 0.0265. The molecule has 2 N–H and O–H groups in total. The molecule has 8 nitrogen and oxygen atoms in total. The molecule has 0 spiro atoms. The van der Waals surface area contributed by atoms with Crippen molar-refractivity contribution in [1.82, 2.24) is 14.8 Å². The minimum atomic E-state index is -1.19. The molecule has 0 bridgehead atoms. The summed E-state index contributed by atoms with van der Waals surface area (Å²) in [6.45, 7) is 2.03. The SMILES string of the molecule is Cc1ccc([C@@H]2C[C@H](c3ccc(F)cc3)n3nc(NC(=O)CCCC(=O)[O-])nc3N2)cc1. The molecule has 2 heterocycles. The standard InChI is InChI=1S/C23H24FN5O3/c1-14-5-7-15(8-6-14)18-13-19(16-9-11-17(24)12-10-16)29-23(25-18)27-22(28-29)26-20(30)3-2-4-21(31)32/h5-12,18-19H,2-4,13H2,1H3,(H,31,32)(H2,25,26,27,28,30)/p-1/t18-,19+/m0/s1. The summed E-state index contributed by atoms with van der Waals surface area (Å²) >= 11 is 0. The largest absolute Gasteiger partial charge is 0.550 e. The molecule has 1 aliphatic heterocycles. The van der Waals surface area contributed by atoms with E-state index in [9.17, 15) is 19.1 Å². The third kappa shape index (κ3) is 4.93. The fourth-order valence-corrected chi connectivity index (χ4v) is 3.79. The van der Waals surface area contributed by atoms with Gasteiger partial charge in [0.1, 0.15) is 5.82 Å². The van der Waals surface area contributed by atoms with Gasteiger partial charge in [0.15, 0.2) is 0 Å². The lowest BCUT2D eigenvalue weighted by Crippen LogP contribution is -2.28. The van der Waals surface area contributed by atoms with Crippen molar-refractivity contribution in [2.45, 2.75) is 44.7 Å². The second-order valence-electron chi connectivity index (χ2n) is 7.89. The van der Waals surface area contributed by atoms with Crippen molar-refractivity contribution < 1.29 is 19.1 Å². The van der Waals surface area contributed by atoms with Crippen LogP contribution >= 0.6 is 0 Å². The second kappa shape index (κ2) is 9.17. The van der Waals surface area contributed by atoms with Crippen LogP contribution in [0, 0.1) is 12.7 Å². The highest BCUT2D eigenvalue weighted by Crippen LogP contribution is 2.38. The molecule has 0 unspecified atom stereocenters. The predicted molar refractivity (Wildman–Crippen MR) is 114 cm³/mol. The van der Waals surface area contributed by atoms with E-state index >= 15 is 0 Å². The van der Waals surface area contributed by atoms with Crippen molar-refractivity contribution in [3.8, 4) is 0 Å². The summed E-state index contributed by atoms with van der Waals surface area (Å²) in [6.07, 6.45) is 0.670. The molecule has 0 saturated heterocycles. The number of fused-ring (bicyclic) bond motifs is 1. The summed E-state index contributed by atoms with van der Waals surface area (Å²) in [5.74, 6) is -1.27. The number of carboxylic acids is 1. The van der Waals surface area contributed by atoms with Gasteiger partial charge in [-0.15, -0.1) is 5.10 Å². The molecule has 0 radical (unpaired) electrons. The van der Waals surface area contributed by atoms with Crippen molar-refractivity contribution in [1.29, 1.82) is 0 Å². The summed E-state index contributed by atoms with van der Waals surface area (Å²) in [5.41, 5.74) is 3.12. The van der Waals surface area contributed by atoms with Gasteiger partial charge in [0, 0.05) is 12.4 Å². The number of aromatic nitrogens is 3. The maximum atomic E-state index is 13.5. The Balaban J connectivity index is 1.59. The molecule has 166 valence electrons. The zero-order chi connectivity index (χ0) is 22.7. The molecule has 9 heteroatoms. The normalized spacial score (nSPS) is 17.3. The fourth-order valence-electron chi connectivity index (χ4n) is 3.79. The van der Waals surface area contributed by atoms with Crippen molar-refractivity contribution in [2.24, 2.45) is 0 Å². The van der Waals surface area contributed by atoms with Gasteiger partial charge in [0.25, 0.3) is 5.95 Å². The van der Waals surface area contributed by atoms with E-state index < -0.39 is 5.97 Å². The number of carbonyl (C=O) groups excluding carboxylic acids is 2. The average Bonchev–Trinajstić information content (AvgIpc) is 3.16. The molecule has 0 saturated carbocycles. The molecular formula is C23H23FN5O3-. The number of nitrogens with one attached hydrogen (secondary N) is 2. The average molecular weight is 436 g/mol. The van der Waals surface area contributed by atoms with Gasteiger partial charge in [-0.2, -0.15) is 4.98 Å². The number of anilines is 2. The third-order valence-corrected chi connectivity index (χ3v) is 5.46. The van der Waals surface area contributed by atoms with Crippen LogP contribution < -0.4 is 15.7 Å². The molecule has 32 heavy (non-hydrogen) atoms. The molecule has 0 fully saturated rings. The van der Waals surface area contributed by atoms with E-state index in [-0.39, 0.29) is 49.0 Å². The number of benzene rings is 2. The zero-order valence-electron chi connectivity index (χ0n) is 17.5. The summed E-state index contributed by atoms with van der Waals surface area (Å²) in [4.78, 5) is 27.1. The summed E-state index contributed by atoms with van der Waals surface area (Å²) < 4.78 is 15.2. The molecular weight excluding hydrogens is 413 g/mol. The number of halogens is 1. The van der Waals surface area contributed by atoms with Gasteiger partial charge in [0.05, 0.1) is 12.1 Å². The predicted octanol–water partition coefficient (Wildman–Crippen LogP) is 2.73. The molecule has 3 aromatic rings. The smallest absolute Gasteiger partial charge is 0.250 e. The van der Waals surface area contributed by atoms with E-state index in [0.717, 1.165) is 16.7 Å². The number of carboxylic acid groups (broad SMARTS) is 1.